The SMILES string of the molecule is CCOC(=O)C(O[Si](C)(C)C)C(O[Si](C)(C)C)c1cc(OC)c(OC)cc1[N+](=O)[O-]. The van der Waals surface area contributed by atoms with E-state index >= 15 is 0 Å². The van der Waals surface area contributed by atoms with Crippen LogP contribution in [-0.2, 0) is 18.4 Å². The van der Waals surface area contributed by atoms with Crippen LogP contribution in [0.2, 0.25) is 39.3 Å². The molecule has 0 saturated heterocycles. The number of nitro benzene ring substituents is 1. The Balaban J connectivity index is 3.77. The van der Waals surface area contributed by atoms with Crippen molar-refractivity contribution < 1.29 is 32.8 Å². The molecule has 0 aliphatic carbocycles. The number of methoxy groups -OCH3 is 2. The molecule has 170 valence electrons. The molecule has 2 unspecified atom stereocenters. The highest BCUT2D eigenvalue weighted by molar-refractivity contribution is 6.70. The summed E-state index contributed by atoms with van der Waals surface area (Å²) in [5.74, 6) is -0.122. The van der Waals surface area contributed by atoms with E-state index in [0.29, 0.717) is 0 Å². The van der Waals surface area contributed by atoms with Crippen LogP contribution in [0.4, 0.5) is 5.69 Å². The summed E-state index contributed by atoms with van der Waals surface area (Å²) in [5, 5.41) is 11.9. The lowest BCUT2D eigenvalue weighted by molar-refractivity contribution is -0.386. The summed E-state index contributed by atoms with van der Waals surface area (Å²) >= 11 is 0. The lowest BCUT2D eigenvalue weighted by Gasteiger charge is -2.34. The number of carbonyl (C=O) groups is 1. The smallest absolute Gasteiger partial charge is 0.337 e. The molecule has 0 saturated carbocycles. The van der Waals surface area contributed by atoms with Crippen LogP contribution in [0.25, 0.3) is 0 Å². The fourth-order valence-corrected chi connectivity index (χ4v) is 4.77. The van der Waals surface area contributed by atoms with Gasteiger partial charge in [0.15, 0.2) is 34.2 Å². The van der Waals surface area contributed by atoms with Gasteiger partial charge in [-0.2, -0.15) is 0 Å². The Morgan fingerprint density at radius 3 is 1.90 bits per heavy atom. The maximum atomic E-state index is 12.9. The molecular formula is C19H33NO8Si2. The second-order valence-electron chi connectivity index (χ2n) is 8.58. The van der Waals surface area contributed by atoms with Crippen molar-refractivity contribution in [1.29, 1.82) is 0 Å². The van der Waals surface area contributed by atoms with Crippen LogP contribution in [0.5, 0.6) is 11.5 Å². The van der Waals surface area contributed by atoms with E-state index in [1.54, 1.807) is 6.92 Å². The van der Waals surface area contributed by atoms with E-state index in [4.69, 9.17) is 23.1 Å². The Morgan fingerprint density at radius 1 is 1.00 bits per heavy atom. The molecule has 1 rings (SSSR count). The summed E-state index contributed by atoms with van der Waals surface area (Å²) in [6.07, 6.45) is -2.19. The van der Waals surface area contributed by atoms with Gasteiger partial charge in [0, 0.05) is 0 Å². The van der Waals surface area contributed by atoms with E-state index in [1.807, 2.05) is 39.3 Å². The molecule has 0 bridgehead atoms. The van der Waals surface area contributed by atoms with Gasteiger partial charge < -0.3 is 23.1 Å². The molecule has 0 heterocycles. The standard InChI is InChI=1S/C19H33NO8Si2/c1-10-26-19(21)18(28-30(7,8)9)17(27-29(4,5)6)13-11-15(24-2)16(25-3)12-14(13)20(22)23/h11-12,17-18H,10H2,1-9H3. The first kappa shape index (κ1) is 26.1. The summed E-state index contributed by atoms with van der Waals surface area (Å²) in [7, 11) is -1.71. The zero-order chi connectivity index (χ0) is 23.3. The van der Waals surface area contributed by atoms with E-state index in [2.05, 4.69) is 0 Å². The van der Waals surface area contributed by atoms with Crippen molar-refractivity contribution in [2.75, 3.05) is 20.8 Å². The third kappa shape index (κ3) is 7.38. The zero-order valence-electron chi connectivity index (χ0n) is 19.2. The number of rotatable bonds is 11. The normalized spacial score (nSPS) is 14.0. The number of ether oxygens (including phenoxy) is 3. The molecule has 0 radical (unpaired) electrons. The van der Waals surface area contributed by atoms with Crippen molar-refractivity contribution in [3.63, 3.8) is 0 Å². The second kappa shape index (κ2) is 10.4. The van der Waals surface area contributed by atoms with Crippen LogP contribution in [0.3, 0.4) is 0 Å². The van der Waals surface area contributed by atoms with Gasteiger partial charge in [-0.3, -0.25) is 10.1 Å². The fourth-order valence-electron chi connectivity index (χ4n) is 2.78. The van der Waals surface area contributed by atoms with Crippen LogP contribution in [0.1, 0.15) is 18.6 Å². The fraction of sp³-hybridized carbons (Fsp3) is 0.632. The maximum Gasteiger partial charge on any atom is 0.337 e. The van der Waals surface area contributed by atoms with Crippen LogP contribution in [0, 0.1) is 10.1 Å². The highest BCUT2D eigenvalue weighted by atomic mass is 28.4. The van der Waals surface area contributed by atoms with Crippen LogP contribution < -0.4 is 9.47 Å². The summed E-state index contributed by atoms with van der Waals surface area (Å²) < 4.78 is 28.2. The molecule has 11 heteroatoms. The summed E-state index contributed by atoms with van der Waals surface area (Å²) in [5.41, 5.74) is -0.0687. The molecule has 0 N–H and O–H groups in total. The van der Waals surface area contributed by atoms with Gasteiger partial charge in [0.1, 0.15) is 6.10 Å². The topological polar surface area (TPSA) is 106 Å². The summed E-state index contributed by atoms with van der Waals surface area (Å²) in [6, 6.07) is 2.74. The second-order valence-corrected chi connectivity index (χ2v) is 17.5. The minimum Gasteiger partial charge on any atom is -0.493 e. The van der Waals surface area contributed by atoms with Crippen molar-refractivity contribution in [2.45, 2.75) is 58.4 Å². The molecule has 0 spiro atoms. The monoisotopic (exact) mass is 459 g/mol. The van der Waals surface area contributed by atoms with Crippen molar-refractivity contribution in [3.8, 4) is 11.5 Å². The lowest BCUT2D eigenvalue weighted by Crippen LogP contribution is -2.45. The third-order valence-corrected chi connectivity index (χ3v) is 5.71. The number of carbonyl (C=O) groups excluding carboxylic acids is 1. The number of nitrogens with zero attached hydrogens (tertiary/aromatic N) is 1. The lowest BCUT2D eigenvalue weighted by atomic mass is 10.0. The molecule has 0 fully saturated rings. The molecule has 1 aromatic rings. The van der Waals surface area contributed by atoms with Gasteiger partial charge in [-0.15, -0.1) is 0 Å². The largest absolute Gasteiger partial charge is 0.493 e. The van der Waals surface area contributed by atoms with Gasteiger partial charge in [0.25, 0.3) is 5.69 Å². The van der Waals surface area contributed by atoms with Gasteiger partial charge in [0.05, 0.1) is 37.4 Å². The Kier molecular flexibility index (Phi) is 9.02. The quantitative estimate of drug-likeness (QED) is 0.209. The Morgan fingerprint density at radius 2 is 1.50 bits per heavy atom. The molecule has 2 atom stereocenters. The maximum absolute atomic E-state index is 12.9. The zero-order valence-corrected chi connectivity index (χ0v) is 21.2. The summed E-state index contributed by atoms with van der Waals surface area (Å²) in [4.78, 5) is 24.2. The van der Waals surface area contributed by atoms with Crippen molar-refractivity contribution in [1.82, 2.24) is 0 Å². The highest BCUT2D eigenvalue weighted by Gasteiger charge is 2.42. The molecule has 0 aliphatic rings. The van der Waals surface area contributed by atoms with Crippen LogP contribution >= 0.6 is 0 Å². The number of esters is 1. The number of benzene rings is 1. The Bertz CT molecular complexity index is 758. The van der Waals surface area contributed by atoms with Gasteiger partial charge in [0.2, 0.25) is 0 Å². The minimum atomic E-state index is -2.28. The average molecular weight is 460 g/mol. The number of hydrogen-bond donors (Lipinski definition) is 0. The van der Waals surface area contributed by atoms with Gasteiger partial charge in [-0.05, 0) is 52.3 Å². The summed E-state index contributed by atoms with van der Waals surface area (Å²) in [6.45, 7) is 13.4. The molecule has 0 aliphatic heterocycles. The van der Waals surface area contributed by atoms with E-state index < -0.39 is 39.7 Å². The van der Waals surface area contributed by atoms with E-state index in [0.717, 1.165) is 0 Å². The Hall–Kier alpha value is -1.96. The highest BCUT2D eigenvalue weighted by Crippen LogP contribution is 2.41. The number of hydrogen-bond acceptors (Lipinski definition) is 8. The van der Waals surface area contributed by atoms with E-state index in [-0.39, 0.29) is 29.4 Å². The molecule has 1 aromatic carbocycles. The third-order valence-electron chi connectivity index (χ3n) is 3.79. The van der Waals surface area contributed by atoms with Crippen LogP contribution in [0.15, 0.2) is 12.1 Å². The first-order chi connectivity index (χ1) is 13.7. The predicted molar refractivity (Wildman–Crippen MR) is 118 cm³/mol. The first-order valence-electron chi connectivity index (χ1n) is 9.66. The predicted octanol–water partition coefficient (Wildman–Crippen LogP) is 4.29. The average Bonchev–Trinajstić information content (AvgIpc) is 2.61. The molecule has 9 nitrogen and oxygen atoms in total. The van der Waals surface area contributed by atoms with Gasteiger partial charge >= 0.3 is 5.97 Å². The van der Waals surface area contributed by atoms with Crippen molar-refractivity contribution in [2.24, 2.45) is 0 Å². The molecule has 0 aromatic heterocycles. The Labute approximate surface area is 180 Å². The van der Waals surface area contributed by atoms with Gasteiger partial charge in [-0.25, -0.2) is 4.79 Å². The van der Waals surface area contributed by atoms with E-state index in [1.165, 1.54) is 26.4 Å². The van der Waals surface area contributed by atoms with Gasteiger partial charge in [-0.1, -0.05) is 0 Å². The first-order valence-corrected chi connectivity index (χ1v) is 16.5. The van der Waals surface area contributed by atoms with Crippen molar-refractivity contribution in [3.05, 3.63) is 27.8 Å². The van der Waals surface area contributed by atoms with E-state index in [9.17, 15) is 14.9 Å². The molecule has 0 amide bonds. The number of nitro groups is 1. The van der Waals surface area contributed by atoms with Crippen LogP contribution in [-0.4, -0.2) is 54.5 Å². The molecular weight excluding hydrogens is 426 g/mol. The van der Waals surface area contributed by atoms with Crippen molar-refractivity contribution >= 4 is 28.3 Å². The molecule has 30 heavy (non-hydrogen) atoms. The minimum absolute atomic E-state index is 0.151.